The number of alkyl halides is 12. The molecule has 15 heteroatoms. The number of hydrogen-bond acceptors (Lipinski definition) is 3. The van der Waals surface area contributed by atoms with Crippen molar-refractivity contribution in [2.75, 3.05) is 0 Å². The molecule has 0 spiro atoms. The Morgan fingerprint density at radius 1 is 0.545 bits per heavy atom. The minimum Gasteiger partial charge on any atom is -0.354 e. The molecular formula is C7H2F12O3. The van der Waals surface area contributed by atoms with Gasteiger partial charge in [-0.05, 0) is 0 Å². The van der Waals surface area contributed by atoms with Gasteiger partial charge in [-0.25, -0.2) is 0 Å². The van der Waals surface area contributed by atoms with Crippen LogP contribution in [0.5, 0.6) is 0 Å². The highest BCUT2D eigenvalue weighted by atomic mass is 19.4. The highest BCUT2D eigenvalue weighted by Crippen LogP contribution is 2.65. The van der Waals surface area contributed by atoms with Crippen LogP contribution in [0, 0.1) is 0 Å². The molecule has 3 nitrogen and oxygen atoms in total. The molecule has 1 aliphatic rings. The zero-order valence-corrected chi connectivity index (χ0v) is 9.34. The van der Waals surface area contributed by atoms with Crippen molar-refractivity contribution in [3.05, 3.63) is 0 Å². The van der Waals surface area contributed by atoms with Gasteiger partial charge in [0.25, 0.3) is 0 Å². The molecule has 1 fully saturated rings. The minimum atomic E-state index is -7.48. The average molecular weight is 362 g/mol. The summed E-state index contributed by atoms with van der Waals surface area (Å²) in [5, 5.41) is 16.9. The summed E-state index contributed by atoms with van der Waals surface area (Å²) < 4.78 is 153. The molecule has 0 aliphatic carbocycles. The van der Waals surface area contributed by atoms with Crippen molar-refractivity contribution in [2.45, 2.75) is 41.7 Å². The largest absolute Gasteiger partial charge is 0.450 e. The first-order chi connectivity index (χ1) is 9.21. The Balaban J connectivity index is 3.79. The van der Waals surface area contributed by atoms with Crippen LogP contribution < -0.4 is 0 Å². The molecule has 0 aromatic carbocycles. The van der Waals surface area contributed by atoms with Crippen LogP contribution in [0.3, 0.4) is 0 Å². The Bertz CT molecular complexity index is 426. The van der Waals surface area contributed by atoms with Crippen LogP contribution >= 0.6 is 0 Å². The highest BCUT2D eigenvalue weighted by molar-refractivity contribution is 5.17. The number of rotatable bonds is 0. The van der Waals surface area contributed by atoms with Gasteiger partial charge in [-0.1, -0.05) is 0 Å². The lowest BCUT2D eigenvalue weighted by Crippen LogP contribution is -2.85. The first-order valence-electron chi connectivity index (χ1n) is 4.62. The summed E-state index contributed by atoms with van der Waals surface area (Å²) in [5.41, 5.74) is 0. The molecule has 0 aromatic heterocycles. The molecule has 1 rings (SSSR count). The van der Waals surface area contributed by atoms with Crippen molar-refractivity contribution >= 4 is 0 Å². The van der Waals surface area contributed by atoms with Crippen molar-refractivity contribution in [3.63, 3.8) is 0 Å². The molecule has 1 saturated heterocycles. The van der Waals surface area contributed by atoms with Gasteiger partial charge in [0.1, 0.15) is 0 Å². The molecule has 1 aliphatic heterocycles. The summed E-state index contributed by atoms with van der Waals surface area (Å²) in [7, 11) is 0. The predicted octanol–water partition coefficient (Wildman–Crippen LogP) is 2.42. The fourth-order valence-corrected chi connectivity index (χ4v) is 1.44. The second kappa shape index (κ2) is 4.11. The minimum absolute atomic E-state index is 2.04. The Morgan fingerprint density at radius 2 is 0.773 bits per heavy atom. The van der Waals surface area contributed by atoms with Gasteiger partial charge < -0.3 is 10.2 Å². The van der Waals surface area contributed by atoms with Crippen LogP contribution in [-0.2, 0) is 4.74 Å². The van der Waals surface area contributed by atoms with Crippen LogP contribution in [0.1, 0.15) is 0 Å². The third-order valence-corrected chi connectivity index (χ3v) is 2.70. The van der Waals surface area contributed by atoms with Crippen LogP contribution in [0.2, 0.25) is 0 Å². The van der Waals surface area contributed by atoms with Gasteiger partial charge in [0, 0.05) is 0 Å². The maximum Gasteiger partial charge on any atom is 0.450 e. The average Bonchev–Trinajstić information content (AvgIpc) is 2.23. The lowest BCUT2D eigenvalue weighted by molar-refractivity contribution is -0.599. The van der Waals surface area contributed by atoms with E-state index in [-0.39, 0.29) is 0 Å². The SMILES string of the molecule is OC1(C(F)(F)F)OC(O)(C(F)(F)F)C(F)(F)C(F)(F)C1(F)F. The number of aliphatic hydroxyl groups is 2. The monoisotopic (exact) mass is 362 g/mol. The Hall–Kier alpha value is -0.960. The fraction of sp³-hybridized carbons (Fsp3) is 1.00. The van der Waals surface area contributed by atoms with Crippen LogP contribution in [0.25, 0.3) is 0 Å². The molecule has 1 heterocycles. The van der Waals surface area contributed by atoms with Crippen LogP contribution in [0.4, 0.5) is 52.7 Å². The van der Waals surface area contributed by atoms with Crippen molar-refractivity contribution in [3.8, 4) is 0 Å². The normalized spacial score (nSPS) is 37.9. The molecule has 0 bridgehead atoms. The molecule has 2 unspecified atom stereocenters. The zero-order valence-electron chi connectivity index (χ0n) is 9.34. The lowest BCUT2D eigenvalue weighted by Gasteiger charge is -2.53. The van der Waals surface area contributed by atoms with Gasteiger partial charge in [-0.2, -0.15) is 52.7 Å². The smallest absolute Gasteiger partial charge is 0.354 e. The summed E-state index contributed by atoms with van der Waals surface area (Å²) in [5.74, 6) is -35.5. The van der Waals surface area contributed by atoms with Gasteiger partial charge >= 0.3 is 41.7 Å². The van der Waals surface area contributed by atoms with Crippen LogP contribution in [0.15, 0.2) is 0 Å². The summed E-state index contributed by atoms with van der Waals surface area (Å²) in [6.07, 6.45) is -14.2. The molecule has 0 amide bonds. The van der Waals surface area contributed by atoms with E-state index >= 15 is 0 Å². The van der Waals surface area contributed by atoms with E-state index in [4.69, 9.17) is 10.2 Å². The van der Waals surface area contributed by atoms with Gasteiger partial charge in [-0.3, -0.25) is 4.74 Å². The summed E-state index contributed by atoms with van der Waals surface area (Å²) in [6, 6.07) is 0. The number of ether oxygens (including phenoxy) is 1. The Morgan fingerprint density at radius 3 is 0.955 bits per heavy atom. The molecule has 0 radical (unpaired) electrons. The van der Waals surface area contributed by atoms with E-state index in [1.54, 1.807) is 0 Å². The molecule has 132 valence electrons. The summed E-state index contributed by atoms with van der Waals surface area (Å²) in [4.78, 5) is 0. The van der Waals surface area contributed by atoms with Crippen molar-refractivity contribution in [2.24, 2.45) is 0 Å². The quantitative estimate of drug-likeness (QED) is 0.651. The summed E-state index contributed by atoms with van der Waals surface area (Å²) >= 11 is 0. The van der Waals surface area contributed by atoms with Gasteiger partial charge in [0.15, 0.2) is 0 Å². The van der Waals surface area contributed by atoms with Crippen molar-refractivity contribution < 1.29 is 67.6 Å². The van der Waals surface area contributed by atoms with E-state index in [0.29, 0.717) is 0 Å². The maximum atomic E-state index is 13.0. The topological polar surface area (TPSA) is 49.7 Å². The van der Waals surface area contributed by atoms with E-state index in [1.165, 1.54) is 0 Å². The van der Waals surface area contributed by atoms with Crippen molar-refractivity contribution in [1.82, 2.24) is 0 Å². The molecule has 0 saturated carbocycles. The third-order valence-electron chi connectivity index (χ3n) is 2.70. The first kappa shape index (κ1) is 19.1. The summed E-state index contributed by atoms with van der Waals surface area (Å²) in [6.45, 7) is 0. The second-order valence-electron chi connectivity index (χ2n) is 4.11. The van der Waals surface area contributed by atoms with Gasteiger partial charge in [-0.15, -0.1) is 0 Å². The second-order valence-corrected chi connectivity index (χ2v) is 4.11. The van der Waals surface area contributed by atoms with E-state index in [0.717, 1.165) is 0 Å². The van der Waals surface area contributed by atoms with Gasteiger partial charge in [0.05, 0.1) is 0 Å². The lowest BCUT2D eigenvalue weighted by atomic mass is 9.86. The molecular weight excluding hydrogens is 360 g/mol. The highest BCUT2D eigenvalue weighted by Gasteiger charge is 2.98. The maximum absolute atomic E-state index is 13.0. The predicted molar refractivity (Wildman–Crippen MR) is 37.9 cm³/mol. The standard InChI is InChI=1S/C7H2F12O3/c8-1(9)2(10,11)4(20,6(14,15)16)22-5(21,3(1,12)13)7(17,18)19/h20-21H. The van der Waals surface area contributed by atoms with Crippen LogP contribution in [-0.4, -0.2) is 51.9 Å². The first-order valence-corrected chi connectivity index (χ1v) is 4.62. The zero-order chi connectivity index (χ0) is 18.2. The molecule has 2 atom stereocenters. The molecule has 0 aromatic rings. The van der Waals surface area contributed by atoms with E-state index < -0.39 is 41.7 Å². The van der Waals surface area contributed by atoms with E-state index in [9.17, 15) is 52.7 Å². The number of hydrogen-bond donors (Lipinski definition) is 2. The number of halogens is 12. The van der Waals surface area contributed by atoms with Gasteiger partial charge in [0.2, 0.25) is 0 Å². The third kappa shape index (κ3) is 1.78. The fourth-order valence-electron chi connectivity index (χ4n) is 1.44. The Labute approximate surface area is 111 Å². The van der Waals surface area contributed by atoms with Crippen molar-refractivity contribution in [1.29, 1.82) is 0 Å². The molecule has 2 N–H and O–H groups in total. The molecule has 22 heavy (non-hydrogen) atoms. The Kier molecular flexibility index (Phi) is 3.57. The van der Waals surface area contributed by atoms with E-state index in [1.807, 2.05) is 4.74 Å². The van der Waals surface area contributed by atoms with E-state index in [2.05, 4.69) is 0 Å².